The molecule has 0 saturated carbocycles. The fraction of sp³-hybridized carbons (Fsp3) is 0.368. The molecule has 122 valence electrons. The minimum atomic E-state index is -1.00. The van der Waals surface area contributed by atoms with Gasteiger partial charge in [-0.3, -0.25) is 4.79 Å². The number of nitrogens with one attached hydrogen (secondary N) is 1. The highest BCUT2D eigenvalue weighted by atomic mass is 16.4. The minimum Gasteiger partial charge on any atom is -0.480 e. The number of hydrogen-bond acceptors (Lipinski definition) is 2. The monoisotopic (exact) mass is 313 g/mol. The van der Waals surface area contributed by atoms with E-state index >= 15 is 0 Å². The van der Waals surface area contributed by atoms with Crippen molar-refractivity contribution in [2.45, 2.75) is 39.2 Å². The SMILES string of the molecule is CCCC(C)C(=O)N[C@@H](Cc1cccc2ccccc12)C(=O)O. The zero-order valence-corrected chi connectivity index (χ0v) is 13.6. The number of aliphatic carboxylic acids is 1. The maximum atomic E-state index is 12.1. The van der Waals surface area contributed by atoms with Gasteiger partial charge in [0.15, 0.2) is 0 Å². The average Bonchev–Trinajstić information content (AvgIpc) is 2.54. The van der Waals surface area contributed by atoms with Crippen LogP contribution in [0.5, 0.6) is 0 Å². The van der Waals surface area contributed by atoms with E-state index in [1.54, 1.807) is 0 Å². The van der Waals surface area contributed by atoms with E-state index in [1.165, 1.54) is 0 Å². The number of carboxylic acid groups (broad SMARTS) is 1. The van der Waals surface area contributed by atoms with Gasteiger partial charge >= 0.3 is 5.97 Å². The maximum Gasteiger partial charge on any atom is 0.326 e. The molecule has 0 aliphatic heterocycles. The number of carboxylic acids is 1. The fourth-order valence-corrected chi connectivity index (χ4v) is 2.77. The van der Waals surface area contributed by atoms with Gasteiger partial charge in [-0.2, -0.15) is 0 Å². The molecular weight excluding hydrogens is 290 g/mol. The van der Waals surface area contributed by atoms with Crippen LogP contribution in [0.4, 0.5) is 0 Å². The lowest BCUT2D eigenvalue weighted by Crippen LogP contribution is -2.44. The zero-order valence-electron chi connectivity index (χ0n) is 13.6. The van der Waals surface area contributed by atoms with Gasteiger partial charge in [0.1, 0.15) is 6.04 Å². The molecule has 23 heavy (non-hydrogen) atoms. The lowest BCUT2D eigenvalue weighted by atomic mass is 9.98. The molecule has 0 heterocycles. The summed E-state index contributed by atoms with van der Waals surface area (Å²) in [5.41, 5.74) is 0.930. The number of rotatable bonds is 7. The molecule has 0 saturated heterocycles. The smallest absolute Gasteiger partial charge is 0.326 e. The van der Waals surface area contributed by atoms with Gasteiger partial charge in [-0.25, -0.2) is 4.79 Å². The van der Waals surface area contributed by atoms with Crippen molar-refractivity contribution in [2.75, 3.05) is 0 Å². The van der Waals surface area contributed by atoms with Gasteiger partial charge in [0.25, 0.3) is 0 Å². The van der Waals surface area contributed by atoms with E-state index in [0.717, 1.165) is 29.2 Å². The van der Waals surface area contributed by atoms with E-state index in [0.29, 0.717) is 0 Å². The predicted octanol–water partition coefficient (Wildman–Crippen LogP) is 3.39. The second kappa shape index (κ2) is 7.77. The number of benzene rings is 2. The number of carbonyl (C=O) groups is 2. The number of fused-ring (bicyclic) bond motifs is 1. The molecule has 2 aromatic carbocycles. The van der Waals surface area contributed by atoms with Crippen LogP contribution in [0.3, 0.4) is 0 Å². The maximum absolute atomic E-state index is 12.1. The Hall–Kier alpha value is -2.36. The van der Waals surface area contributed by atoms with Crippen molar-refractivity contribution >= 4 is 22.6 Å². The van der Waals surface area contributed by atoms with Gasteiger partial charge in [0.2, 0.25) is 5.91 Å². The first-order chi connectivity index (χ1) is 11.0. The molecule has 2 aromatic rings. The van der Waals surface area contributed by atoms with Gasteiger partial charge in [0, 0.05) is 12.3 Å². The van der Waals surface area contributed by atoms with Crippen LogP contribution in [0.2, 0.25) is 0 Å². The lowest BCUT2D eigenvalue weighted by Gasteiger charge is -2.18. The molecule has 0 bridgehead atoms. The summed E-state index contributed by atoms with van der Waals surface area (Å²) in [7, 11) is 0. The Kier molecular flexibility index (Phi) is 5.74. The Morgan fingerprint density at radius 1 is 1.13 bits per heavy atom. The summed E-state index contributed by atoms with van der Waals surface area (Å²) >= 11 is 0. The van der Waals surface area contributed by atoms with Crippen molar-refractivity contribution in [1.29, 1.82) is 0 Å². The van der Waals surface area contributed by atoms with E-state index in [-0.39, 0.29) is 18.2 Å². The zero-order chi connectivity index (χ0) is 16.8. The Bertz CT molecular complexity index is 691. The minimum absolute atomic E-state index is 0.172. The van der Waals surface area contributed by atoms with Crippen LogP contribution in [0.25, 0.3) is 10.8 Å². The van der Waals surface area contributed by atoms with E-state index in [4.69, 9.17) is 0 Å². The van der Waals surface area contributed by atoms with Crippen LogP contribution in [-0.4, -0.2) is 23.0 Å². The molecule has 1 unspecified atom stereocenters. The topological polar surface area (TPSA) is 66.4 Å². The Morgan fingerprint density at radius 2 is 1.83 bits per heavy atom. The van der Waals surface area contributed by atoms with Crippen LogP contribution in [0.15, 0.2) is 42.5 Å². The summed E-state index contributed by atoms with van der Waals surface area (Å²) in [6.45, 7) is 3.84. The standard InChI is InChI=1S/C19H23NO3/c1-3-7-13(2)18(21)20-17(19(22)23)12-15-10-6-9-14-8-4-5-11-16(14)15/h4-6,8-11,13,17H,3,7,12H2,1-2H3,(H,20,21)(H,22,23)/t13?,17-/m0/s1. The van der Waals surface area contributed by atoms with Gasteiger partial charge in [-0.05, 0) is 22.8 Å². The Morgan fingerprint density at radius 3 is 2.52 bits per heavy atom. The highest BCUT2D eigenvalue weighted by Gasteiger charge is 2.23. The first kappa shape index (κ1) is 17.0. The van der Waals surface area contributed by atoms with Gasteiger partial charge in [-0.15, -0.1) is 0 Å². The lowest BCUT2D eigenvalue weighted by molar-refractivity contribution is -0.142. The second-order valence-electron chi connectivity index (χ2n) is 5.93. The summed E-state index contributed by atoms with van der Waals surface area (Å²) in [5, 5.41) is 14.2. The molecule has 0 aliphatic carbocycles. The third-order valence-corrected chi connectivity index (χ3v) is 4.09. The van der Waals surface area contributed by atoms with E-state index in [2.05, 4.69) is 5.32 Å². The normalized spacial score (nSPS) is 13.5. The van der Waals surface area contributed by atoms with Gasteiger partial charge in [0.05, 0.1) is 0 Å². The van der Waals surface area contributed by atoms with E-state index in [1.807, 2.05) is 56.3 Å². The van der Waals surface area contributed by atoms with Crippen molar-refractivity contribution in [1.82, 2.24) is 5.32 Å². The van der Waals surface area contributed by atoms with Crippen LogP contribution >= 0.6 is 0 Å². The summed E-state index contributed by atoms with van der Waals surface area (Å²) in [5.74, 6) is -1.37. The molecule has 0 fully saturated rings. The largest absolute Gasteiger partial charge is 0.480 e. The second-order valence-corrected chi connectivity index (χ2v) is 5.93. The third kappa shape index (κ3) is 4.31. The first-order valence-corrected chi connectivity index (χ1v) is 8.02. The Labute approximate surface area is 136 Å². The summed E-state index contributed by atoms with van der Waals surface area (Å²) in [4.78, 5) is 23.7. The summed E-state index contributed by atoms with van der Waals surface area (Å²) in [6.07, 6.45) is 1.93. The summed E-state index contributed by atoms with van der Waals surface area (Å²) in [6, 6.07) is 12.8. The van der Waals surface area contributed by atoms with Crippen molar-refractivity contribution in [2.24, 2.45) is 5.92 Å². The number of hydrogen-bond donors (Lipinski definition) is 2. The predicted molar refractivity (Wildman–Crippen MR) is 91.3 cm³/mol. The average molecular weight is 313 g/mol. The van der Waals surface area contributed by atoms with E-state index < -0.39 is 12.0 Å². The summed E-state index contributed by atoms with van der Waals surface area (Å²) < 4.78 is 0. The quantitative estimate of drug-likeness (QED) is 0.823. The molecule has 2 atom stereocenters. The van der Waals surface area contributed by atoms with Crippen LogP contribution in [0.1, 0.15) is 32.3 Å². The van der Waals surface area contributed by atoms with Gasteiger partial charge in [-0.1, -0.05) is 62.7 Å². The van der Waals surface area contributed by atoms with Crippen LogP contribution < -0.4 is 5.32 Å². The van der Waals surface area contributed by atoms with Crippen molar-refractivity contribution in [3.63, 3.8) is 0 Å². The molecule has 4 nitrogen and oxygen atoms in total. The Balaban J connectivity index is 2.19. The third-order valence-electron chi connectivity index (χ3n) is 4.09. The molecular formula is C19H23NO3. The van der Waals surface area contributed by atoms with Crippen molar-refractivity contribution < 1.29 is 14.7 Å². The van der Waals surface area contributed by atoms with Crippen molar-refractivity contribution in [3.05, 3.63) is 48.0 Å². The van der Waals surface area contributed by atoms with Crippen LogP contribution in [-0.2, 0) is 16.0 Å². The molecule has 0 radical (unpaired) electrons. The molecule has 1 amide bonds. The molecule has 4 heteroatoms. The molecule has 0 aromatic heterocycles. The number of carbonyl (C=O) groups excluding carboxylic acids is 1. The number of amides is 1. The first-order valence-electron chi connectivity index (χ1n) is 8.02. The van der Waals surface area contributed by atoms with Crippen LogP contribution in [0, 0.1) is 5.92 Å². The highest BCUT2D eigenvalue weighted by Crippen LogP contribution is 2.20. The van der Waals surface area contributed by atoms with E-state index in [9.17, 15) is 14.7 Å². The molecule has 0 aliphatic rings. The molecule has 0 spiro atoms. The highest BCUT2D eigenvalue weighted by molar-refractivity contribution is 5.88. The fourth-order valence-electron chi connectivity index (χ4n) is 2.77. The van der Waals surface area contributed by atoms with Gasteiger partial charge < -0.3 is 10.4 Å². The van der Waals surface area contributed by atoms with Crippen molar-refractivity contribution in [3.8, 4) is 0 Å². The molecule has 2 N–H and O–H groups in total. The molecule has 2 rings (SSSR count).